The van der Waals surface area contributed by atoms with E-state index in [-0.39, 0.29) is 159 Å². The highest BCUT2D eigenvalue weighted by atomic mass is 127. The van der Waals surface area contributed by atoms with E-state index in [0.717, 1.165) is 25.5 Å². The Balaban J connectivity index is 1.14. The van der Waals surface area contributed by atoms with Crippen molar-refractivity contribution >= 4 is 104 Å². The molecule has 10 N–H and O–H groups in total. The van der Waals surface area contributed by atoms with Gasteiger partial charge in [0.1, 0.15) is 11.8 Å². The summed E-state index contributed by atoms with van der Waals surface area (Å²) in [4.78, 5) is 158. The van der Waals surface area contributed by atoms with Crippen molar-refractivity contribution in [3.8, 4) is 0 Å². The molecule has 4 atom stereocenters. The number of hydrogen-bond donors (Lipinski definition) is 10. The standard InChI is InChI=1S/C68H95IN8O18/c69-54-25-19-46(20-26-54)9-8-15-59(80)72-56(13-6-7-28-70-60(81)42-74-29-31-75(43-62(84)85)33-35-77(45-64(88)89)36-34-76(32-30-74)44-63(86)87)66(91)71-41-47-16-22-50(23-17-47)65(90)73-57(38-48-18-21-49-10-4-5-11-51(49)37-48)58(79)14-3-1-2-12-52(67(92)93)39-55(78)40-53(68(94)95)24-27-61(82)83/h4-5,10-11,18-21,25-26,37,47,50,52-53,56-57H,1-3,6-9,12-17,22-24,27-36,38-45H2,(H,70,81)(H,71,91)(H,72,80)(H,73,90)(H,82,83)(H,84,85)(H,86,87)(H,88,89)(H,92,93)(H,94,95)/t47?,50?,52-,53-,56-,57+/m1/s1. The van der Waals surface area contributed by atoms with Crippen LogP contribution in [0.15, 0.2) is 66.7 Å². The number of aryl methyl sites for hydroxylation is 1. The third-order valence-electron chi connectivity index (χ3n) is 17.6. The van der Waals surface area contributed by atoms with E-state index in [2.05, 4.69) is 43.9 Å². The first kappa shape index (κ1) is 78.2. The SMILES string of the molecule is O=C(O)CC[C@H](CC(=O)C[C@@H](CCCCCC(=O)[C@H](Cc1ccc2ccccc2c1)NC(=O)C1CCC(CNC(=O)[C@@H](CCCCNC(=O)CN2CCN(CC(=O)O)CCN(CC(=O)O)CCN(CC(=O)O)CC2)NC(=O)CCCc2ccc(I)cc2)CC1)C(=O)O)C(=O)O. The topological polar surface area (TPSA) is 387 Å². The number of hydrogen-bond acceptors (Lipinski definition) is 16. The first-order valence-electron chi connectivity index (χ1n) is 33.0. The molecule has 0 bridgehead atoms. The molecule has 3 aromatic carbocycles. The van der Waals surface area contributed by atoms with Crippen molar-refractivity contribution < 1.29 is 88.2 Å². The van der Waals surface area contributed by atoms with E-state index in [0.29, 0.717) is 77.2 Å². The molecule has 95 heavy (non-hydrogen) atoms. The normalized spacial score (nSPS) is 17.5. The van der Waals surface area contributed by atoms with Crippen LogP contribution in [0.3, 0.4) is 0 Å². The predicted octanol–water partition coefficient (Wildman–Crippen LogP) is 4.80. The lowest BCUT2D eigenvalue weighted by molar-refractivity contribution is -0.146. The smallest absolute Gasteiger partial charge is 0.317 e. The number of amides is 4. The van der Waals surface area contributed by atoms with Gasteiger partial charge in [0.25, 0.3) is 0 Å². The number of carboxylic acids is 6. The second kappa shape index (κ2) is 42.2. The molecule has 0 aromatic heterocycles. The number of carbonyl (C=O) groups excluding carboxylic acids is 6. The Bertz CT molecular complexity index is 3020. The number of unbranched alkanes of at least 4 members (excludes halogenated alkanes) is 3. The summed E-state index contributed by atoms with van der Waals surface area (Å²) in [5, 5.41) is 71.0. The van der Waals surface area contributed by atoms with Crippen LogP contribution >= 0.6 is 22.6 Å². The maximum Gasteiger partial charge on any atom is 0.317 e. The van der Waals surface area contributed by atoms with Crippen molar-refractivity contribution in [1.29, 1.82) is 0 Å². The van der Waals surface area contributed by atoms with Gasteiger partial charge in [0.2, 0.25) is 23.6 Å². The van der Waals surface area contributed by atoms with Crippen LogP contribution in [0.4, 0.5) is 0 Å². The lowest BCUT2D eigenvalue weighted by Gasteiger charge is -2.32. The molecule has 1 heterocycles. The van der Waals surface area contributed by atoms with E-state index >= 15 is 0 Å². The maximum absolute atomic E-state index is 14.1. The average molecular weight is 1440 g/mol. The quantitative estimate of drug-likeness (QED) is 0.0269. The fourth-order valence-corrected chi connectivity index (χ4v) is 12.5. The first-order valence-corrected chi connectivity index (χ1v) is 34.1. The lowest BCUT2D eigenvalue weighted by Crippen LogP contribution is -2.49. The molecule has 3 aromatic rings. The molecule has 5 rings (SSSR count). The monoisotopic (exact) mass is 1440 g/mol. The maximum atomic E-state index is 14.1. The molecule has 1 aliphatic carbocycles. The molecule has 26 nitrogen and oxygen atoms in total. The number of fused-ring (bicyclic) bond motifs is 1. The minimum atomic E-state index is -1.33. The summed E-state index contributed by atoms with van der Waals surface area (Å²) < 4.78 is 1.09. The molecule has 1 aliphatic heterocycles. The van der Waals surface area contributed by atoms with Crippen molar-refractivity contribution in [2.24, 2.45) is 23.7 Å². The fraction of sp³-hybridized carbons (Fsp3) is 0.588. The Hall–Kier alpha value is -7.47. The minimum absolute atomic E-state index is 0.0221. The number of ketones is 2. The van der Waals surface area contributed by atoms with Gasteiger partial charge in [-0.15, -0.1) is 0 Å². The molecule has 522 valence electrons. The van der Waals surface area contributed by atoms with Crippen LogP contribution in [-0.4, -0.2) is 225 Å². The average Bonchev–Trinajstić information content (AvgIpc) is 0.857. The second-order valence-electron chi connectivity index (χ2n) is 25.2. The minimum Gasteiger partial charge on any atom is -0.481 e. The Morgan fingerprint density at radius 3 is 1.58 bits per heavy atom. The molecular weight excluding hydrogens is 1340 g/mol. The van der Waals surface area contributed by atoms with Crippen LogP contribution in [0.5, 0.6) is 0 Å². The van der Waals surface area contributed by atoms with Crippen molar-refractivity contribution in [1.82, 2.24) is 40.9 Å². The number of nitrogens with zero attached hydrogens (tertiary/aromatic N) is 4. The lowest BCUT2D eigenvalue weighted by atomic mass is 9.81. The van der Waals surface area contributed by atoms with E-state index < -0.39 is 90.7 Å². The Morgan fingerprint density at radius 2 is 1.02 bits per heavy atom. The summed E-state index contributed by atoms with van der Waals surface area (Å²) in [6.45, 7) is 1.64. The van der Waals surface area contributed by atoms with Crippen molar-refractivity contribution in [2.45, 2.75) is 141 Å². The third kappa shape index (κ3) is 31.3. The van der Waals surface area contributed by atoms with Crippen LogP contribution in [0.2, 0.25) is 0 Å². The molecule has 2 fully saturated rings. The highest BCUT2D eigenvalue weighted by Gasteiger charge is 2.32. The van der Waals surface area contributed by atoms with Crippen LogP contribution in [-0.2, 0) is 70.4 Å². The van der Waals surface area contributed by atoms with E-state index in [1.165, 1.54) is 0 Å². The Morgan fingerprint density at radius 1 is 0.484 bits per heavy atom. The van der Waals surface area contributed by atoms with Gasteiger partial charge in [-0.2, -0.15) is 0 Å². The number of aliphatic carboxylic acids is 6. The third-order valence-corrected chi connectivity index (χ3v) is 18.3. The number of nitrogens with one attached hydrogen (secondary N) is 4. The number of Topliss-reactive ketones (excluding diaryl/α,β-unsaturated/α-hetero) is 2. The molecular formula is C68H95IN8O18. The van der Waals surface area contributed by atoms with Gasteiger partial charge in [0.15, 0.2) is 5.78 Å². The highest BCUT2D eigenvalue weighted by molar-refractivity contribution is 14.1. The molecule has 0 radical (unpaired) electrons. The number of carbonyl (C=O) groups is 12. The van der Waals surface area contributed by atoms with Gasteiger partial charge in [-0.1, -0.05) is 67.4 Å². The van der Waals surface area contributed by atoms with Crippen molar-refractivity contribution in [3.63, 3.8) is 0 Å². The molecule has 27 heteroatoms. The summed E-state index contributed by atoms with van der Waals surface area (Å²) >= 11 is 2.23. The molecule has 0 spiro atoms. The zero-order valence-corrected chi connectivity index (χ0v) is 56.3. The zero-order chi connectivity index (χ0) is 69.2. The zero-order valence-electron chi connectivity index (χ0n) is 54.1. The van der Waals surface area contributed by atoms with E-state index in [1.54, 1.807) is 14.7 Å². The van der Waals surface area contributed by atoms with E-state index in [1.807, 2.05) is 71.6 Å². The van der Waals surface area contributed by atoms with Gasteiger partial charge >= 0.3 is 35.8 Å². The molecule has 1 saturated carbocycles. The first-order chi connectivity index (χ1) is 45.4. The number of carboxylic acid groups (broad SMARTS) is 6. The summed E-state index contributed by atoms with van der Waals surface area (Å²) in [7, 11) is 0. The number of benzene rings is 3. The molecule has 0 unspecified atom stereocenters. The van der Waals surface area contributed by atoms with Gasteiger partial charge in [0.05, 0.1) is 44.1 Å². The summed E-state index contributed by atoms with van der Waals surface area (Å²) in [5.41, 5.74) is 1.93. The van der Waals surface area contributed by atoms with Crippen LogP contribution in [0.25, 0.3) is 10.8 Å². The Kier molecular flexibility index (Phi) is 34.7. The van der Waals surface area contributed by atoms with Crippen molar-refractivity contribution in [2.75, 3.05) is 91.6 Å². The summed E-state index contributed by atoms with van der Waals surface area (Å²) in [5.74, 6) is -11.6. The molecule has 1 saturated heterocycles. The summed E-state index contributed by atoms with van der Waals surface area (Å²) in [6, 6.07) is 19.9. The van der Waals surface area contributed by atoms with E-state index in [4.69, 9.17) is 5.11 Å². The predicted molar refractivity (Wildman–Crippen MR) is 359 cm³/mol. The van der Waals surface area contributed by atoms with Crippen LogP contribution in [0.1, 0.15) is 127 Å². The van der Waals surface area contributed by atoms with Gasteiger partial charge in [-0.25, -0.2) is 0 Å². The number of halogens is 1. The van der Waals surface area contributed by atoms with Gasteiger partial charge in [-0.3, -0.25) is 77.1 Å². The van der Waals surface area contributed by atoms with Crippen LogP contribution in [0, 0.1) is 27.2 Å². The molecule has 2 aliphatic rings. The Labute approximate surface area is 567 Å². The molecule has 4 amide bonds. The second-order valence-corrected chi connectivity index (χ2v) is 26.4. The van der Waals surface area contributed by atoms with Gasteiger partial charge in [0, 0.05) is 107 Å². The largest absolute Gasteiger partial charge is 0.481 e. The highest BCUT2D eigenvalue weighted by Crippen LogP contribution is 2.30. The van der Waals surface area contributed by atoms with Gasteiger partial charge < -0.3 is 51.9 Å². The van der Waals surface area contributed by atoms with E-state index in [9.17, 15) is 83.1 Å². The fourth-order valence-electron chi connectivity index (χ4n) is 12.1. The van der Waals surface area contributed by atoms with Crippen LogP contribution < -0.4 is 21.3 Å². The summed E-state index contributed by atoms with van der Waals surface area (Å²) in [6.07, 6.45) is 4.88. The number of rotatable bonds is 41. The van der Waals surface area contributed by atoms with Crippen molar-refractivity contribution in [3.05, 3.63) is 81.4 Å². The van der Waals surface area contributed by atoms with Gasteiger partial charge in [-0.05, 0) is 146 Å².